The van der Waals surface area contributed by atoms with Gasteiger partial charge in [0.2, 0.25) is 0 Å². The van der Waals surface area contributed by atoms with Crippen LogP contribution < -0.4 is 5.73 Å². The van der Waals surface area contributed by atoms with E-state index in [4.69, 9.17) is 10.5 Å². The summed E-state index contributed by atoms with van der Waals surface area (Å²) in [6, 6.07) is 0.220. The molecule has 1 aliphatic rings. The smallest absolute Gasteiger partial charge is 0.0724 e. The van der Waals surface area contributed by atoms with Gasteiger partial charge in [-0.25, -0.2) is 0 Å². The third-order valence-electron chi connectivity index (χ3n) is 1.55. The van der Waals surface area contributed by atoms with E-state index in [9.17, 15) is 0 Å². The van der Waals surface area contributed by atoms with Gasteiger partial charge in [0.15, 0.2) is 0 Å². The zero-order valence-electron chi connectivity index (χ0n) is 5.26. The third kappa shape index (κ3) is 1.20. The Morgan fingerprint density at radius 1 is 1.75 bits per heavy atom. The second-order valence-corrected chi connectivity index (χ2v) is 2.41. The average molecular weight is 115 g/mol. The van der Waals surface area contributed by atoms with Crippen LogP contribution in [0, 0.1) is 0 Å². The molecule has 1 aliphatic heterocycles. The third-order valence-corrected chi connectivity index (χ3v) is 1.55. The summed E-state index contributed by atoms with van der Waals surface area (Å²) in [5.41, 5.74) is 5.57. The van der Waals surface area contributed by atoms with Crippen LogP contribution >= 0.6 is 0 Å². The molecule has 0 radical (unpaired) electrons. The second kappa shape index (κ2) is 2.46. The number of hydrogen-bond donors (Lipinski definition) is 1. The fourth-order valence-corrected chi connectivity index (χ4v) is 1.02. The van der Waals surface area contributed by atoms with Gasteiger partial charge < -0.3 is 10.5 Å². The summed E-state index contributed by atoms with van der Waals surface area (Å²) in [7, 11) is 0. The van der Waals surface area contributed by atoms with E-state index >= 15 is 0 Å². The van der Waals surface area contributed by atoms with Gasteiger partial charge >= 0.3 is 0 Å². The summed E-state index contributed by atoms with van der Waals surface area (Å²) >= 11 is 0. The van der Waals surface area contributed by atoms with Gasteiger partial charge in [-0.3, -0.25) is 0 Å². The van der Waals surface area contributed by atoms with Crippen molar-refractivity contribution in [3.63, 3.8) is 0 Å². The van der Waals surface area contributed by atoms with Gasteiger partial charge in [-0.2, -0.15) is 0 Å². The normalized spacial score (nSPS) is 33.0. The molecule has 1 unspecified atom stereocenters. The minimum Gasteiger partial charge on any atom is -0.377 e. The average Bonchev–Trinajstić information content (AvgIpc) is 2.12. The Labute approximate surface area is 50.0 Å². The summed E-state index contributed by atoms with van der Waals surface area (Å²) in [5.74, 6) is 0. The fraction of sp³-hybridized carbons (Fsp3) is 1.00. The van der Waals surface area contributed by atoms with Crippen LogP contribution in [0.5, 0.6) is 0 Å². The van der Waals surface area contributed by atoms with Crippen LogP contribution in [0.25, 0.3) is 0 Å². The summed E-state index contributed by atoms with van der Waals surface area (Å²) in [5, 5.41) is 0. The minimum absolute atomic E-state index is 0.220. The molecule has 0 aromatic carbocycles. The lowest BCUT2D eigenvalue weighted by molar-refractivity contribution is 0.0947. The predicted molar refractivity (Wildman–Crippen MR) is 32.6 cm³/mol. The predicted octanol–water partition coefficient (Wildman–Crippen LogP) is 0.513. The van der Waals surface area contributed by atoms with Crippen LogP contribution in [0.1, 0.15) is 19.8 Å². The lowest BCUT2D eigenvalue weighted by Gasteiger charge is -2.11. The molecule has 1 heterocycles. The van der Waals surface area contributed by atoms with Crippen LogP contribution in [0.4, 0.5) is 0 Å². The van der Waals surface area contributed by atoms with Crippen molar-refractivity contribution in [2.24, 2.45) is 5.73 Å². The van der Waals surface area contributed by atoms with Gasteiger partial charge in [-0.15, -0.1) is 0 Å². The van der Waals surface area contributed by atoms with Crippen LogP contribution in [0.15, 0.2) is 0 Å². The molecule has 0 amide bonds. The van der Waals surface area contributed by atoms with Crippen molar-refractivity contribution in [3.8, 4) is 0 Å². The molecular formula is C6H13NO. The van der Waals surface area contributed by atoms with Gasteiger partial charge in [0.05, 0.1) is 6.10 Å². The monoisotopic (exact) mass is 115 g/mol. The van der Waals surface area contributed by atoms with E-state index in [0.717, 1.165) is 13.0 Å². The Bertz CT molecular complexity index is 66.9. The van der Waals surface area contributed by atoms with Crippen molar-refractivity contribution < 1.29 is 4.74 Å². The largest absolute Gasteiger partial charge is 0.377 e. The molecule has 0 saturated carbocycles. The van der Waals surface area contributed by atoms with Crippen molar-refractivity contribution >= 4 is 0 Å². The molecule has 0 bridgehead atoms. The zero-order valence-corrected chi connectivity index (χ0v) is 5.26. The van der Waals surface area contributed by atoms with Crippen LogP contribution in [-0.4, -0.2) is 18.8 Å². The van der Waals surface area contributed by atoms with E-state index in [1.807, 2.05) is 6.92 Å². The first-order chi connectivity index (χ1) is 3.80. The van der Waals surface area contributed by atoms with Gasteiger partial charge in [0, 0.05) is 12.6 Å². The molecule has 48 valence electrons. The molecule has 2 heteroatoms. The summed E-state index contributed by atoms with van der Waals surface area (Å²) in [6.07, 6.45) is 2.68. The first-order valence-corrected chi connectivity index (χ1v) is 3.18. The summed E-state index contributed by atoms with van der Waals surface area (Å²) < 4.78 is 5.29. The zero-order chi connectivity index (χ0) is 5.98. The Morgan fingerprint density at radius 2 is 2.50 bits per heavy atom. The maximum absolute atomic E-state index is 5.57. The van der Waals surface area contributed by atoms with Crippen molar-refractivity contribution in [3.05, 3.63) is 0 Å². The first kappa shape index (κ1) is 6.05. The molecule has 0 aromatic heterocycles. The molecule has 8 heavy (non-hydrogen) atoms. The molecule has 2 nitrogen and oxygen atoms in total. The number of ether oxygens (including phenoxy) is 1. The standard InChI is InChI=1S/C6H13NO/c1-5(7)6-3-2-4-8-6/h5-6H,2-4,7H2,1H3/t5-,6?/m0/s1. The maximum atomic E-state index is 5.57. The molecule has 2 atom stereocenters. The van der Waals surface area contributed by atoms with E-state index in [-0.39, 0.29) is 6.04 Å². The molecule has 0 aromatic rings. The van der Waals surface area contributed by atoms with E-state index in [0.29, 0.717) is 6.10 Å². The van der Waals surface area contributed by atoms with Crippen LogP contribution in [0.2, 0.25) is 0 Å². The minimum atomic E-state index is 0.220. The number of rotatable bonds is 1. The van der Waals surface area contributed by atoms with E-state index < -0.39 is 0 Å². The Hall–Kier alpha value is -0.0800. The highest BCUT2D eigenvalue weighted by Gasteiger charge is 2.18. The van der Waals surface area contributed by atoms with E-state index in [2.05, 4.69) is 0 Å². The van der Waals surface area contributed by atoms with E-state index in [1.165, 1.54) is 6.42 Å². The Morgan fingerprint density at radius 3 is 2.75 bits per heavy atom. The molecule has 1 saturated heterocycles. The molecule has 1 fully saturated rings. The van der Waals surface area contributed by atoms with Crippen molar-refractivity contribution in [2.45, 2.75) is 31.9 Å². The molecule has 0 spiro atoms. The van der Waals surface area contributed by atoms with Crippen molar-refractivity contribution in [1.29, 1.82) is 0 Å². The van der Waals surface area contributed by atoms with Gasteiger partial charge in [0.1, 0.15) is 0 Å². The molecular weight excluding hydrogens is 102 g/mol. The highest BCUT2D eigenvalue weighted by atomic mass is 16.5. The molecule has 0 aliphatic carbocycles. The topological polar surface area (TPSA) is 35.2 Å². The van der Waals surface area contributed by atoms with Gasteiger partial charge in [0.25, 0.3) is 0 Å². The van der Waals surface area contributed by atoms with Gasteiger partial charge in [-0.1, -0.05) is 0 Å². The fourth-order valence-electron chi connectivity index (χ4n) is 1.02. The summed E-state index contributed by atoms with van der Waals surface area (Å²) in [6.45, 7) is 2.90. The number of nitrogens with two attached hydrogens (primary N) is 1. The Balaban J connectivity index is 2.24. The molecule has 1 rings (SSSR count). The quantitative estimate of drug-likeness (QED) is 0.540. The SMILES string of the molecule is C[C@H](N)C1CCCO1. The maximum Gasteiger partial charge on any atom is 0.0724 e. The first-order valence-electron chi connectivity index (χ1n) is 3.18. The van der Waals surface area contributed by atoms with Crippen molar-refractivity contribution in [2.75, 3.05) is 6.61 Å². The van der Waals surface area contributed by atoms with Gasteiger partial charge in [-0.05, 0) is 19.8 Å². The highest BCUT2D eigenvalue weighted by Crippen LogP contribution is 2.13. The second-order valence-electron chi connectivity index (χ2n) is 2.41. The summed E-state index contributed by atoms with van der Waals surface area (Å²) in [4.78, 5) is 0. The Kier molecular flexibility index (Phi) is 1.86. The van der Waals surface area contributed by atoms with Crippen molar-refractivity contribution in [1.82, 2.24) is 0 Å². The lowest BCUT2D eigenvalue weighted by Crippen LogP contribution is -2.30. The highest BCUT2D eigenvalue weighted by molar-refractivity contribution is 4.72. The van der Waals surface area contributed by atoms with E-state index in [1.54, 1.807) is 0 Å². The van der Waals surface area contributed by atoms with Crippen LogP contribution in [0.3, 0.4) is 0 Å². The number of hydrogen-bond acceptors (Lipinski definition) is 2. The lowest BCUT2D eigenvalue weighted by atomic mass is 10.1. The molecule has 2 N–H and O–H groups in total. The van der Waals surface area contributed by atoms with Crippen LogP contribution in [-0.2, 0) is 4.74 Å².